The third-order valence-corrected chi connectivity index (χ3v) is 3.39. The van der Waals surface area contributed by atoms with Crippen LogP contribution in [0, 0.1) is 0 Å². The number of hydrogen-bond donors (Lipinski definition) is 3. The van der Waals surface area contributed by atoms with Crippen molar-refractivity contribution in [1.29, 1.82) is 0 Å². The van der Waals surface area contributed by atoms with Crippen LogP contribution in [0.1, 0.15) is 25.7 Å². The monoisotopic (exact) mass is 301 g/mol. The quantitative estimate of drug-likeness (QED) is 0.254. The number of ether oxygens (including phenoxy) is 2. The number of carbonyl (C=O) groups is 2. The standard InChI is InChI=1S/C14H27N3O4/c1-15-7-10-20-14(4-2-3-5-14)21-11-8-17-13(19)12-16-6-9-18/h9,15-16H,2-8,10-12H2,1H3,(H,17,19). The number of likely N-dealkylation sites (N-methyl/N-ethyl adjacent to an activating group) is 1. The first kappa shape index (κ1) is 18.0. The minimum atomic E-state index is -0.475. The molecule has 0 atom stereocenters. The molecule has 0 aromatic heterocycles. The summed E-state index contributed by atoms with van der Waals surface area (Å²) in [6.45, 7) is 2.62. The first-order valence-electron chi connectivity index (χ1n) is 7.56. The first-order valence-corrected chi connectivity index (χ1v) is 7.56. The van der Waals surface area contributed by atoms with Crippen LogP contribution >= 0.6 is 0 Å². The molecule has 1 fully saturated rings. The molecule has 0 aliphatic heterocycles. The summed E-state index contributed by atoms with van der Waals surface area (Å²) in [6.07, 6.45) is 4.77. The molecule has 1 saturated carbocycles. The zero-order valence-electron chi connectivity index (χ0n) is 12.8. The molecule has 122 valence electrons. The van der Waals surface area contributed by atoms with E-state index in [-0.39, 0.29) is 19.0 Å². The molecule has 0 spiro atoms. The molecule has 1 rings (SSSR count). The maximum absolute atomic E-state index is 11.4. The van der Waals surface area contributed by atoms with E-state index >= 15 is 0 Å². The van der Waals surface area contributed by atoms with Crippen LogP contribution in [0.2, 0.25) is 0 Å². The van der Waals surface area contributed by atoms with Crippen molar-refractivity contribution in [2.45, 2.75) is 31.5 Å². The Bertz CT molecular complexity index is 307. The van der Waals surface area contributed by atoms with E-state index in [1.807, 2.05) is 7.05 Å². The predicted octanol–water partition coefficient (Wildman–Crippen LogP) is -0.586. The molecule has 0 unspecified atom stereocenters. The van der Waals surface area contributed by atoms with Crippen molar-refractivity contribution in [3.8, 4) is 0 Å². The lowest BCUT2D eigenvalue weighted by Gasteiger charge is -2.29. The fourth-order valence-electron chi connectivity index (χ4n) is 2.32. The van der Waals surface area contributed by atoms with Gasteiger partial charge in [0.05, 0.1) is 26.3 Å². The van der Waals surface area contributed by atoms with Gasteiger partial charge in [0, 0.05) is 25.9 Å². The lowest BCUT2D eigenvalue weighted by atomic mass is 10.2. The Morgan fingerprint density at radius 3 is 2.48 bits per heavy atom. The summed E-state index contributed by atoms with van der Waals surface area (Å²) >= 11 is 0. The maximum Gasteiger partial charge on any atom is 0.234 e. The van der Waals surface area contributed by atoms with Crippen molar-refractivity contribution in [2.24, 2.45) is 0 Å². The van der Waals surface area contributed by atoms with Gasteiger partial charge in [0.2, 0.25) is 5.91 Å². The average Bonchev–Trinajstić information content (AvgIpc) is 2.93. The molecule has 0 aromatic rings. The third-order valence-electron chi connectivity index (χ3n) is 3.39. The Morgan fingerprint density at radius 2 is 1.86 bits per heavy atom. The Kier molecular flexibility index (Phi) is 9.16. The van der Waals surface area contributed by atoms with E-state index in [0.717, 1.165) is 38.5 Å². The Balaban J connectivity index is 2.15. The number of amides is 1. The molecule has 7 heteroatoms. The fourth-order valence-corrected chi connectivity index (χ4v) is 2.32. The van der Waals surface area contributed by atoms with Gasteiger partial charge < -0.3 is 30.2 Å². The van der Waals surface area contributed by atoms with E-state index in [2.05, 4.69) is 16.0 Å². The van der Waals surface area contributed by atoms with Gasteiger partial charge in [-0.3, -0.25) is 4.79 Å². The van der Waals surface area contributed by atoms with Gasteiger partial charge in [-0.05, 0) is 19.9 Å². The zero-order chi connectivity index (χ0) is 15.4. The van der Waals surface area contributed by atoms with Crippen LogP contribution in [0.15, 0.2) is 0 Å². The highest BCUT2D eigenvalue weighted by molar-refractivity contribution is 5.78. The lowest BCUT2D eigenvalue weighted by molar-refractivity contribution is -0.230. The lowest BCUT2D eigenvalue weighted by Crippen LogP contribution is -2.40. The Hall–Kier alpha value is -1.02. The highest BCUT2D eigenvalue weighted by Gasteiger charge is 2.35. The topological polar surface area (TPSA) is 88.7 Å². The van der Waals surface area contributed by atoms with Gasteiger partial charge >= 0.3 is 0 Å². The van der Waals surface area contributed by atoms with E-state index in [4.69, 9.17) is 9.47 Å². The molecule has 0 bridgehead atoms. The van der Waals surface area contributed by atoms with Crippen molar-refractivity contribution in [3.63, 3.8) is 0 Å². The van der Waals surface area contributed by atoms with E-state index in [9.17, 15) is 9.59 Å². The SMILES string of the molecule is CNCCOC1(OCCNC(=O)CNCC=O)CCCC1. The van der Waals surface area contributed by atoms with Gasteiger partial charge in [0.1, 0.15) is 6.29 Å². The van der Waals surface area contributed by atoms with Crippen LogP contribution in [0.25, 0.3) is 0 Å². The molecule has 1 amide bonds. The van der Waals surface area contributed by atoms with Crippen molar-refractivity contribution in [2.75, 3.05) is 46.4 Å². The molecule has 0 radical (unpaired) electrons. The van der Waals surface area contributed by atoms with Gasteiger partial charge in [-0.15, -0.1) is 0 Å². The zero-order valence-corrected chi connectivity index (χ0v) is 12.8. The van der Waals surface area contributed by atoms with Crippen LogP contribution in [-0.4, -0.2) is 64.4 Å². The molecule has 1 aliphatic carbocycles. The van der Waals surface area contributed by atoms with Crippen molar-refractivity contribution >= 4 is 12.2 Å². The number of aldehydes is 1. The summed E-state index contributed by atoms with van der Waals surface area (Å²) in [5, 5.41) is 8.49. The molecule has 0 heterocycles. The highest BCUT2D eigenvalue weighted by atomic mass is 16.7. The minimum absolute atomic E-state index is 0.141. The second-order valence-corrected chi connectivity index (χ2v) is 5.07. The van der Waals surface area contributed by atoms with E-state index in [0.29, 0.717) is 19.8 Å². The molecule has 1 aliphatic rings. The smallest absolute Gasteiger partial charge is 0.234 e. The van der Waals surface area contributed by atoms with E-state index in [1.165, 1.54) is 0 Å². The number of carbonyl (C=O) groups excluding carboxylic acids is 2. The summed E-state index contributed by atoms with van der Waals surface area (Å²) in [5.74, 6) is -0.617. The second kappa shape index (κ2) is 10.7. The summed E-state index contributed by atoms with van der Waals surface area (Å²) in [6, 6.07) is 0. The molecular weight excluding hydrogens is 274 g/mol. The number of hydrogen-bond acceptors (Lipinski definition) is 6. The average molecular weight is 301 g/mol. The Morgan fingerprint density at radius 1 is 1.19 bits per heavy atom. The second-order valence-electron chi connectivity index (χ2n) is 5.07. The van der Waals surface area contributed by atoms with E-state index in [1.54, 1.807) is 0 Å². The maximum atomic E-state index is 11.4. The predicted molar refractivity (Wildman–Crippen MR) is 79.0 cm³/mol. The normalized spacial score (nSPS) is 16.8. The van der Waals surface area contributed by atoms with Crippen molar-refractivity contribution < 1.29 is 19.1 Å². The van der Waals surface area contributed by atoms with Crippen LogP contribution in [0.4, 0.5) is 0 Å². The van der Waals surface area contributed by atoms with Crippen molar-refractivity contribution in [1.82, 2.24) is 16.0 Å². The van der Waals surface area contributed by atoms with Gasteiger partial charge in [0.15, 0.2) is 5.79 Å². The van der Waals surface area contributed by atoms with Crippen molar-refractivity contribution in [3.05, 3.63) is 0 Å². The molecule has 0 aromatic carbocycles. The van der Waals surface area contributed by atoms with Crippen LogP contribution in [0.3, 0.4) is 0 Å². The molecule has 3 N–H and O–H groups in total. The molecule has 21 heavy (non-hydrogen) atoms. The highest BCUT2D eigenvalue weighted by Crippen LogP contribution is 2.34. The van der Waals surface area contributed by atoms with Gasteiger partial charge in [-0.25, -0.2) is 0 Å². The largest absolute Gasteiger partial charge is 0.353 e. The van der Waals surface area contributed by atoms with Crippen LogP contribution in [-0.2, 0) is 19.1 Å². The fraction of sp³-hybridized carbons (Fsp3) is 0.857. The number of nitrogens with one attached hydrogen (secondary N) is 3. The summed E-state index contributed by atoms with van der Waals surface area (Å²) in [7, 11) is 1.89. The third kappa shape index (κ3) is 7.52. The summed E-state index contributed by atoms with van der Waals surface area (Å²) < 4.78 is 11.7. The first-order chi connectivity index (χ1) is 10.2. The summed E-state index contributed by atoms with van der Waals surface area (Å²) in [5.41, 5.74) is 0. The molecule has 0 saturated heterocycles. The van der Waals surface area contributed by atoms with Gasteiger partial charge in [-0.2, -0.15) is 0 Å². The summed E-state index contributed by atoms with van der Waals surface area (Å²) in [4.78, 5) is 21.5. The number of rotatable bonds is 12. The van der Waals surface area contributed by atoms with Crippen LogP contribution < -0.4 is 16.0 Å². The minimum Gasteiger partial charge on any atom is -0.353 e. The van der Waals surface area contributed by atoms with E-state index < -0.39 is 5.79 Å². The van der Waals surface area contributed by atoms with Gasteiger partial charge in [0.25, 0.3) is 0 Å². The van der Waals surface area contributed by atoms with Crippen LogP contribution in [0.5, 0.6) is 0 Å². The Labute approximate surface area is 126 Å². The molecular formula is C14H27N3O4. The van der Waals surface area contributed by atoms with Gasteiger partial charge in [-0.1, -0.05) is 0 Å². The molecule has 7 nitrogen and oxygen atoms in total.